The maximum absolute atomic E-state index is 12.7. The van der Waals surface area contributed by atoms with Crippen LogP contribution in [0.5, 0.6) is 11.5 Å². The summed E-state index contributed by atoms with van der Waals surface area (Å²) >= 11 is 8.20. The Morgan fingerprint density at radius 2 is 1.73 bits per heavy atom. The maximum Gasteiger partial charge on any atom is 0.245 e. The molecule has 6 nitrogen and oxygen atoms in total. The summed E-state index contributed by atoms with van der Waals surface area (Å²) in [7, 11) is -3.67. The molecule has 0 fully saturated rings. The molecule has 0 aromatic heterocycles. The second kappa shape index (κ2) is 9.67. The first-order valence-electron chi connectivity index (χ1n) is 8.78. The standard InChI is InChI=1S/C21H18ClIN2O4S/c1-30(27,28)25(17-10-8-16(23)9-11-17)14-21(26)24-19-13-15(22)7-12-20(19)29-18-5-3-2-4-6-18/h2-13H,14H2,1H3,(H,24,26). The van der Waals surface area contributed by atoms with Crippen LogP contribution in [0.25, 0.3) is 0 Å². The fourth-order valence-corrected chi connectivity index (χ4v) is 4.02. The molecular weight excluding hydrogens is 539 g/mol. The molecule has 3 rings (SSSR count). The van der Waals surface area contributed by atoms with E-state index in [0.717, 1.165) is 14.1 Å². The molecule has 0 bridgehead atoms. The molecule has 3 aromatic carbocycles. The number of sulfonamides is 1. The summed E-state index contributed by atoms with van der Waals surface area (Å²) in [6, 6.07) is 20.8. The number of nitrogens with zero attached hydrogens (tertiary/aromatic N) is 1. The van der Waals surface area contributed by atoms with Crippen molar-refractivity contribution in [1.29, 1.82) is 0 Å². The Kier molecular flexibility index (Phi) is 7.22. The fourth-order valence-electron chi connectivity index (χ4n) is 2.63. The predicted molar refractivity (Wildman–Crippen MR) is 128 cm³/mol. The van der Waals surface area contributed by atoms with Crippen molar-refractivity contribution < 1.29 is 17.9 Å². The molecule has 0 heterocycles. The number of hydrogen-bond acceptors (Lipinski definition) is 4. The molecule has 0 radical (unpaired) electrons. The molecule has 0 atom stereocenters. The number of hydrogen-bond donors (Lipinski definition) is 1. The molecule has 156 valence electrons. The van der Waals surface area contributed by atoms with Gasteiger partial charge in [-0.05, 0) is 77.2 Å². The van der Waals surface area contributed by atoms with Gasteiger partial charge in [-0.25, -0.2) is 8.42 Å². The van der Waals surface area contributed by atoms with Crippen LogP contribution in [-0.2, 0) is 14.8 Å². The van der Waals surface area contributed by atoms with E-state index >= 15 is 0 Å². The minimum atomic E-state index is -3.67. The van der Waals surface area contributed by atoms with Gasteiger partial charge in [0.1, 0.15) is 12.3 Å². The molecule has 30 heavy (non-hydrogen) atoms. The number of carbonyl (C=O) groups is 1. The van der Waals surface area contributed by atoms with Crippen molar-refractivity contribution in [2.45, 2.75) is 0 Å². The molecule has 0 saturated carbocycles. The van der Waals surface area contributed by atoms with E-state index in [1.165, 1.54) is 0 Å². The zero-order chi connectivity index (χ0) is 21.7. The molecule has 1 amide bonds. The van der Waals surface area contributed by atoms with Crippen molar-refractivity contribution in [1.82, 2.24) is 0 Å². The average molecular weight is 557 g/mol. The lowest BCUT2D eigenvalue weighted by molar-refractivity contribution is -0.114. The van der Waals surface area contributed by atoms with E-state index < -0.39 is 22.5 Å². The van der Waals surface area contributed by atoms with Gasteiger partial charge in [0.25, 0.3) is 0 Å². The van der Waals surface area contributed by atoms with Crippen LogP contribution >= 0.6 is 34.2 Å². The molecule has 0 aliphatic carbocycles. The summed E-state index contributed by atoms with van der Waals surface area (Å²) < 4.78 is 32.4. The van der Waals surface area contributed by atoms with Gasteiger partial charge in [0, 0.05) is 8.59 Å². The van der Waals surface area contributed by atoms with Crippen LogP contribution in [0.3, 0.4) is 0 Å². The van der Waals surface area contributed by atoms with Crippen LogP contribution in [0.2, 0.25) is 5.02 Å². The van der Waals surface area contributed by atoms with Crippen molar-refractivity contribution in [3.8, 4) is 11.5 Å². The Balaban J connectivity index is 1.82. The summed E-state index contributed by atoms with van der Waals surface area (Å²) in [4.78, 5) is 12.7. The highest BCUT2D eigenvalue weighted by Crippen LogP contribution is 2.32. The van der Waals surface area contributed by atoms with Gasteiger partial charge in [-0.2, -0.15) is 0 Å². The van der Waals surface area contributed by atoms with Crippen LogP contribution in [-0.4, -0.2) is 27.1 Å². The number of anilines is 2. The van der Waals surface area contributed by atoms with E-state index in [1.54, 1.807) is 54.6 Å². The minimum absolute atomic E-state index is 0.340. The van der Waals surface area contributed by atoms with E-state index in [-0.39, 0.29) is 0 Å². The highest BCUT2D eigenvalue weighted by atomic mass is 127. The van der Waals surface area contributed by atoms with Gasteiger partial charge in [0.15, 0.2) is 5.75 Å². The van der Waals surface area contributed by atoms with E-state index in [4.69, 9.17) is 16.3 Å². The van der Waals surface area contributed by atoms with Gasteiger partial charge < -0.3 is 10.1 Å². The van der Waals surface area contributed by atoms with Gasteiger partial charge in [-0.1, -0.05) is 29.8 Å². The van der Waals surface area contributed by atoms with Crippen LogP contribution in [0.4, 0.5) is 11.4 Å². The van der Waals surface area contributed by atoms with Crippen LogP contribution in [0, 0.1) is 3.57 Å². The van der Waals surface area contributed by atoms with Crippen molar-refractivity contribution in [2.75, 3.05) is 22.4 Å². The zero-order valence-corrected chi connectivity index (χ0v) is 19.6. The normalized spacial score (nSPS) is 11.0. The second-order valence-corrected chi connectivity index (χ2v) is 9.94. The molecule has 1 N–H and O–H groups in total. The summed E-state index contributed by atoms with van der Waals surface area (Å²) in [6.07, 6.45) is 1.06. The molecule has 0 aliphatic rings. The maximum atomic E-state index is 12.7. The quantitative estimate of drug-likeness (QED) is 0.409. The SMILES string of the molecule is CS(=O)(=O)N(CC(=O)Nc1cc(Cl)ccc1Oc1ccccc1)c1ccc(I)cc1. The Hall–Kier alpha value is -2.30. The first-order chi connectivity index (χ1) is 14.2. The Morgan fingerprint density at radius 3 is 2.37 bits per heavy atom. The van der Waals surface area contributed by atoms with Gasteiger partial charge >= 0.3 is 0 Å². The molecule has 9 heteroatoms. The molecule has 3 aromatic rings. The Bertz CT molecular complexity index is 1140. The Morgan fingerprint density at radius 1 is 1.07 bits per heavy atom. The summed E-state index contributed by atoms with van der Waals surface area (Å²) in [6.45, 7) is -0.392. The lowest BCUT2D eigenvalue weighted by Gasteiger charge is -2.22. The number of nitrogens with one attached hydrogen (secondary N) is 1. The third-order valence-electron chi connectivity index (χ3n) is 3.99. The van der Waals surface area contributed by atoms with Gasteiger partial charge in [-0.15, -0.1) is 0 Å². The lowest BCUT2D eigenvalue weighted by Crippen LogP contribution is -2.37. The first-order valence-corrected chi connectivity index (χ1v) is 12.1. The highest BCUT2D eigenvalue weighted by Gasteiger charge is 2.21. The van der Waals surface area contributed by atoms with E-state index in [0.29, 0.717) is 27.9 Å². The number of halogens is 2. The number of ether oxygens (including phenoxy) is 1. The zero-order valence-electron chi connectivity index (χ0n) is 15.9. The summed E-state index contributed by atoms with van der Waals surface area (Å²) in [5, 5.41) is 3.11. The number of amides is 1. The van der Waals surface area contributed by atoms with Crippen molar-refractivity contribution in [2.24, 2.45) is 0 Å². The predicted octanol–water partition coefficient (Wildman–Crippen LogP) is 5.14. The third kappa shape index (κ3) is 6.10. The second-order valence-electron chi connectivity index (χ2n) is 6.35. The first kappa shape index (κ1) is 22.4. The van der Waals surface area contributed by atoms with E-state index in [1.807, 2.05) is 18.2 Å². The van der Waals surface area contributed by atoms with Crippen molar-refractivity contribution in [3.05, 3.63) is 81.4 Å². The number of para-hydroxylation sites is 1. The smallest absolute Gasteiger partial charge is 0.245 e. The largest absolute Gasteiger partial charge is 0.455 e. The molecule has 0 unspecified atom stereocenters. The number of rotatable bonds is 7. The van der Waals surface area contributed by atoms with Gasteiger partial charge in [0.05, 0.1) is 17.6 Å². The van der Waals surface area contributed by atoms with Gasteiger partial charge in [-0.3, -0.25) is 9.10 Å². The van der Waals surface area contributed by atoms with E-state index in [2.05, 4.69) is 27.9 Å². The van der Waals surface area contributed by atoms with Crippen molar-refractivity contribution in [3.63, 3.8) is 0 Å². The van der Waals surface area contributed by atoms with E-state index in [9.17, 15) is 13.2 Å². The van der Waals surface area contributed by atoms with Gasteiger partial charge in [0.2, 0.25) is 15.9 Å². The van der Waals surface area contributed by atoms with Crippen molar-refractivity contribution >= 4 is 61.5 Å². The highest BCUT2D eigenvalue weighted by molar-refractivity contribution is 14.1. The topological polar surface area (TPSA) is 75.7 Å². The molecule has 0 aliphatic heterocycles. The molecule has 0 saturated heterocycles. The lowest BCUT2D eigenvalue weighted by atomic mass is 10.2. The van der Waals surface area contributed by atoms with Crippen LogP contribution in [0.1, 0.15) is 0 Å². The molecular formula is C21H18ClIN2O4S. The Labute approximate surface area is 194 Å². The molecule has 0 spiro atoms. The average Bonchev–Trinajstić information content (AvgIpc) is 2.69. The third-order valence-corrected chi connectivity index (χ3v) is 6.08. The van der Waals surface area contributed by atoms with Crippen LogP contribution < -0.4 is 14.4 Å². The number of benzene rings is 3. The fraction of sp³-hybridized carbons (Fsp3) is 0.0952. The van der Waals surface area contributed by atoms with Crippen LogP contribution in [0.15, 0.2) is 72.8 Å². The number of carbonyl (C=O) groups excluding carboxylic acids is 1. The summed E-state index contributed by atoms with van der Waals surface area (Å²) in [5.41, 5.74) is 0.743. The summed E-state index contributed by atoms with van der Waals surface area (Å²) in [5.74, 6) is 0.449. The monoisotopic (exact) mass is 556 g/mol. The minimum Gasteiger partial charge on any atom is -0.455 e.